The van der Waals surface area contributed by atoms with E-state index in [1.165, 1.54) is 6.07 Å². The van der Waals surface area contributed by atoms with Gasteiger partial charge in [0.25, 0.3) is 5.89 Å². The molecule has 8 heteroatoms. The van der Waals surface area contributed by atoms with Gasteiger partial charge >= 0.3 is 6.18 Å². The van der Waals surface area contributed by atoms with Crippen LogP contribution in [0.25, 0.3) is 11.6 Å². The highest BCUT2D eigenvalue weighted by molar-refractivity contribution is 5.46. The minimum atomic E-state index is -4.41. The number of rotatable bonds is 4. The summed E-state index contributed by atoms with van der Waals surface area (Å²) in [4.78, 5) is 7.75. The molecular weight excluding hydrogens is 273 g/mol. The Morgan fingerprint density at radius 2 is 2.05 bits per heavy atom. The van der Waals surface area contributed by atoms with Crippen LogP contribution in [0.4, 0.5) is 13.2 Å². The third-order valence-corrected chi connectivity index (χ3v) is 2.45. The van der Waals surface area contributed by atoms with Gasteiger partial charge in [0.1, 0.15) is 5.69 Å². The lowest BCUT2D eigenvalue weighted by atomic mass is 10.2. The van der Waals surface area contributed by atoms with E-state index in [1.807, 2.05) is 13.8 Å². The van der Waals surface area contributed by atoms with Crippen molar-refractivity contribution in [3.05, 3.63) is 29.7 Å². The van der Waals surface area contributed by atoms with Crippen molar-refractivity contribution in [2.24, 2.45) is 0 Å². The van der Waals surface area contributed by atoms with Crippen LogP contribution in [0, 0.1) is 0 Å². The van der Waals surface area contributed by atoms with Gasteiger partial charge in [0.05, 0.1) is 12.1 Å². The number of hydrogen-bond acceptors (Lipinski definition) is 5. The first kappa shape index (κ1) is 14.4. The molecule has 0 unspecified atom stereocenters. The van der Waals surface area contributed by atoms with Crippen LogP contribution in [0.1, 0.15) is 25.2 Å². The second-order valence-electron chi connectivity index (χ2n) is 4.48. The Labute approximate surface area is 113 Å². The lowest BCUT2D eigenvalue weighted by Gasteiger charge is -2.05. The molecule has 0 aliphatic rings. The molecule has 0 aromatic carbocycles. The van der Waals surface area contributed by atoms with E-state index in [0.29, 0.717) is 12.4 Å². The lowest BCUT2D eigenvalue weighted by molar-refractivity contribution is -0.137. The molecule has 0 amide bonds. The molecule has 5 nitrogen and oxygen atoms in total. The molecule has 0 aliphatic heterocycles. The summed E-state index contributed by atoms with van der Waals surface area (Å²) >= 11 is 0. The van der Waals surface area contributed by atoms with Crippen molar-refractivity contribution in [3.63, 3.8) is 0 Å². The molecule has 1 N–H and O–H groups in total. The standard InChI is InChI=1S/C12H13F3N4O/c1-7(2)16-6-10-18-11(20-19-10)9-4-3-8(5-17-9)12(13,14)15/h3-5,7,16H,6H2,1-2H3. The van der Waals surface area contributed by atoms with E-state index >= 15 is 0 Å². The van der Waals surface area contributed by atoms with E-state index in [9.17, 15) is 13.2 Å². The first-order chi connectivity index (χ1) is 9.36. The first-order valence-corrected chi connectivity index (χ1v) is 5.96. The molecule has 0 aliphatic carbocycles. The van der Waals surface area contributed by atoms with E-state index in [-0.39, 0.29) is 17.6 Å². The highest BCUT2D eigenvalue weighted by Gasteiger charge is 2.30. The zero-order valence-electron chi connectivity index (χ0n) is 10.9. The zero-order chi connectivity index (χ0) is 14.8. The summed E-state index contributed by atoms with van der Waals surface area (Å²) in [5, 5.41) is 6.83. The van der Waals surface area contributed by atoms with Crippen LogP contribution in [0.5, 0.6) is 0 Å². The zero-order valence-corrected chi connectivity index (χ0v) is 10.9. The highest BCUT2D eigenvalue weighted by Crippen LogP contribution is 2.29. The molecule has 2 aromatic rings. The quantitative estimate of drug-likeness (QED) is 0.936. The summed E-state index contributed by atoms with van der Waals surface area (Å²) in [6.07, 6.45) is -3.67. The second-order valence-corrected chi connectivity index (χ2v) is 4.48. The van der Waals surface area contributed by atoms with Crippen LogP contribution in [0.15, 0.2) is 22.9 Å². The van der Waals surface area contributed by atoms with Gasteiger partial charge in [0, 0.05) is 12.2 Å². The smallest absolute Gasteiger partial charge is 0.332 e. The van der Waals surface area contributed by atoms with Crippen LogP contribution < -0.4 is 5.32 Å². The Balaban J connectivity index is 2.12. The fourth-order valence-corrected chi connectivity index (χ4v) is 1.41. The van der Waals surface area contributed by atoms with Crippen LogP contribution in [-0.4, -0.2) is 21.2 Å². The van der Waals surface area contributed by atoms with E-state index < -0.39 is 11.7 Å². The topological polar surface area (TPSA) is 63.8 Å². The van der Waals surface area contributed by atoms with Gasteiger partial charge in [-0.2, -0.15) is 18.2 Å². The minimum Gasteiger partial charge on any atom is -0.332 e. The lowest BCUT2D eigenvalue weighted by Crippen LogP contribution is -2.22. The Morgan fingerprint density at radius 3 is 2.60 bits per heavy atom. The Hall–Kier alpha value is -1.96. The SMILES string of the molecule is CC(C)NCc1noc(-c2ccc(C(F)(F)F)cn2)n1. The van der Waals surface area contributed by atoms with Gasteiger partial charge in [-0.3, -0.25) is 4.98 Å². The molecule has 0 atom stereocenters. The van der Waals surface area contributed by atoms with Crippen LogP contribution in [0.3, 0.4) is 0 Å². The summed E-state index contributed by atoms with van der Waals surface area (Å²) < 4.78 is 42.2. The molecule has 2 rings (SSSR count). The number of nitrogens with one attached hydrogen (secondary N) is 1. The highest BCUT2D eigenvalue weighted by atomic mass is 19.4. The van der Waals surface area contributed by atoms with Crippen LogP contribution in [-0.2, 0) is 12.7 Å². The van der Waals surface area contributed by atoms with Gasteiger partial charge in [-0.25, -0.2) is 0 Å². The molecule has 0 fully saturated rings. The maximum absolute atomic E-state index is 12.4. The number of aromatic nitrogens is 3. The van der Waals surface area contributed by atoms with Crippen molar-refractivity contribution >= 4 is 0 Å². The number of pyridine rings is 1. The van der Waals surface area contributed by atoms with Crippen LogP contribution in [0.2, 0.25) is 0 Å². The van der Waals surface area contributed by atoms with Crippen molar-refractivity contribution in [1.82, 2.24) is 20.4 Å². The Kier molecular flexibility index (Phi) is 4.03. The molecule has 0 saturated heterocycles. The molecule has 2 aromatic heterocycles. The minimum absolute atomic E-state index is 0.0966. The van der Waals surface area contributed by atoms with E-state index in [1.54, 1.807) is 0 Å². The molecular formula is C12H13F3N4O. The molecule has 2 heterocycles. The summed E-state index contributed by atoms with van der Waals surface area (Å²) in [7, 11) is 0. The van der Waals surface area contributed by atoms with Gasteiger partial charge in [-0.15, -0.1) is 0 Å². The normalized spacial score (nSPS) is 12.1. The second kappa shape index (κ2) is 5.58. The maximum Gasteiger partial charge on any atom is 0.417 e. The molecule has 108 valence electrons. The van der Waals surface area contributed by atoms with Gasteiger partial charge in [0.2, 0.25) is 0 Å². The third kappa shape index (κ3) is 3.53. The Morgan fingerprint density at radius 1 is 1.30 bits per heavy atom. The largest absolute Gasteiger partial charge is 0.417 e. The average molecular weight is 286 g/mol. The first-order valence-electron chi connectivity index (χ1n) is 5.96. The van der Waals surface area contributed by atoms with Gasteiger partial charge in [-0.1, -0.05) is 19.0 Å². The predicted octanol–water partition coefficient (Wildman–Crippen LogP) is 2.65. The van der Waals surface area contributed by atoms with Crippen molar-refractivity contribution in [1.29, 1.82) is 0 Å². The van der Waals surface area contributed by atoms with Crippen LogP contribution >= 0.6 is 0 Å². The summed E-state index contributed by atoms with van der Waals surface area (Å²) in [5.41, 5.74) is -0.608. The van der Waals surface area contributed by atoms with Gasteiger partial charge < -0.3 is 9.84 Å². The number of nitrogens with zero attached hydrogens (tertiary/aromatic N) is 3. The number of alkyl halides is 3. The fourth-order valence-electron chi connectivity index (χ4n) is 1.41. The maximum atomic E-state index is 12.4. The van der Waals surface area contributed by atoms with Crippen molar-refractivity contribution in [2.45, 2.75) is 32.6 Å². The monoisotopic (exact) mass is 286 g/mol. The molecule has 0 bridgehead atoms. The molecule has 0 spiro atoms. The third-order valence-electron chi connectivity index (χ3n) is 2.45. The summed E-state index contributed by atoms with van der Waals surface area (Å²) in [6, 6.07) is 2.40. The number of halogens is 3. The molecule has 0 saturated carbocycles. The number of hydrogen-bond donors (Lipinski definition) is 1. The Bertz CT molecular complexity index is 563. The van der Waals surface area contributed by atoms with E-state index in [2.05, 4.69) is 20.4 Å². The average Bonchev–Trinajstić information content (AvgIpc) is 2.84. The van der Waals surface area contributed by atoms with E-state index in [0.717, 1.165) is 12.3 Å². The summed E-state index contributed by atoms with van der Waals surface area (Å²) in [6.45, 7) is 4.36. The van der Waals surface area contributed by atoms with Crippen molar-refractivity contribution in [2.75, 3.05) is 0 Å². The van der Waals surface area contributed by atoms with Crippen molar-refractivity contribution < 1.29 is 17.7 Å². The van der Waals surface area contributed by atoms with E-state index in [4.69, 9.17) is 4.52 Å². The summed E-state index contributed by atoms with van der Waals surface area (Å²) in [5.74, 6) is 0.523. The van der Waals surface area contributed by atoms with Gasteiger partial charge in [0.15, 0.2) is 5.82 Å². The predicted molar refractivity (Wildman–Crippen MR) is 64.5 cm³/mol. The van der Waals surface area contributed by atoms with Gasteiger partial charge in [-0.05, 0) is 12.1 Å². The fraction of sp³-hybridized carbons (Fsp3) is 0.417. The molecule has 20 heavy (non-hydrogen) atoms. The molecule has 0 radical (unpaired) electrons. The van der Waals surface area contributed by atoms with Crippen molar-refractivity contribution in [3.8, 4) is 11.6 Å².